The number of pyridine rings is 1. The minimum atomic E-state index is -0.472. The highest BCUT2D eigenvalue weighted by Crippen LogP contribution is 2.34. The summed E-state index contributed by atoms with van der Waals surface area (Å²) in [4.78, 5) is 17.1. The van der Waals surface area contributed by atoms with E-state index in [-0.39, 0.29) is 39.5 Å². The maximum absolute atomic E-state index is 12.0. The first kappa shape index (κ1) is 14.8. The molecule has 5 nitrogen and oxygen atoms in total. The first-order chi connectivity index (χ1) is 8.40. The lowest BCUT2D eigenvalue weighted by Gasteiger charge is -2.16. The summed E-state index contributed by atoms with van der Waals surface area (Å²) in [5.41, 5.74) is 5.54. The molecule has 0 radical (unpaired) electrons. The van der Waals surface area contributed by atoms with Crippen LogP contribution in [0, 0.1) is 11.3 Å². The van der Waals surface area contributed by atoms with Gasteiger partial charge >= 0.3 is 0 Å². The van der Waals surface area contributed by atoms with E-state index < -0.39 is 5.91 Å². The third-order valence-corrected chi connectivity index (χ3v) is 3.32. The Bertz CT molecular complexity index is 527. The summed E-state index contributed by atoms with van der Waals surface area (Å²) in [6.45, 7) is 0.257. The van der Waals surface area contributed by atoms with Gasteiger partial charge in [-0.3, -0.25) is 4.79 Å². The van der Waals surface area contributed by atoms with Crippen molar-refractivity contribution in [2.24, 2.45) is 0 Å². The summed E-state index contributed by atoms with van der Waals surface area (Å²) in [7, 11) is 1.52. The van der Waals surface area contributed by atoms with Crippen LogP contribution in [0.2, 0.25) is 15.2 Å². The van der Waals surface area contributed by atoms with Gasteiger partial charge in [0, 0.05) is 13.6 Å². The molecule has 0 aromatic carbocycles. The molecule has 1 rings (SSSR count). The van der Waals surface area contributed by atoms with Crippen LogP contribution in [-0.2, 0) is 0 Å². The fourth-order valence-electron chi connectivity index (χ4n) is 1.17. The zero-order valence-corrected chi connectivity index (χ0v) is 11.6. The molecule has 0 unspecified atom stereocenters. The lowest BCUT2D eigenvalue weighted by Crippen LogP contribution is -2.29. The number of amides is 1. The Morgan fingerprint density at radius 1 is 1.44 bits per heavy atom. The molecule has 0 aliphatic carbocycles. The molecule has 96 valence electrons. The van der Waals surface area contributed by atoms with Crippen molar-refractivity contribution in [3.05, 3.63) is 20.9 Å². The molecule has 1 aromatic rings. The molecule has 0 fully saturated rings. The highest BCUT2D eigenvalue weighted by atomic mass is 35.5. The SMILES string of the molecule is CN(CCC#N)C(=O)c1nc(Cl)c(Cl)c(N)c1Cl. The Balaban J connectivity index is 3.11. The predicted molar refractivity (Wildman–Crippen MR) is 70.9 cm³/mol. The quantitative estimate of drug-likeness (QED) is 0.870. The molecule has 2 N–H and O–H groups in total. The molecule has 1 heterocycles. The van der Waals surface area contributed by atoms with Crippen LogP contribution in [0.1, 0.15) is 16.9 Å². The Labute approximate surface area is 119 Å². The number of nitrogens with zero attached hydrogens (tertiary/aromatic N) is 3. The molecule has 0 aliphatic rings. The number of nitrogen functional groups attached to an aromatic ring is 1. The maximum Gasteiger partial charge on any atom is 0.273 e. The van der Waals surface area contributed by atoms with Crippen LogP contribution in [0.4, 0.5) is 5.69 Å². The van der Waals surface area contributed by atoms with Crippen molar-refractivity contribution in [3.63, 3.8) is 0 Å². The van der Waals surface area contributed by atoms with E-state index in [1.54, 1.807) is 0 Å². The summed E-state index contributed by atoms with van der Waals surface area (Å²) >= 11 is 17.4. The van der Waals surface area contributed by atoms with Crippen LogP contribution >= 0.6 is 34.8 Å². The molecule has 0 saturated carbocycles. The average molecular weight is 308 g/mol. The van der Waals surface area contributed by atoms with Crippen LogP contribution in [0.5, 0.6) is 0 Å². The summed E-state index contributed by atoms with van der Waals surface area (Å²) in [5.74, 6) is -0.472. The minimum absolute atomic E-state index is 0.00960. The van der Waals surface area contributed by atoms with Crippen molar-refractivity contribution >= 4 is 46.4 Å². The summed E-state index contributed by atoms with van der Waals surface area (Å²) in [6, 6.07) is 1.93. The van der Waals surface area contributed by atoms with E-state index in [9.17, 15) is 4.79 Å². The van der Waals surface area contributed by atoms with Gasteiger partial charge in [-0.2, -0.15) is 5.26 Å². The van der Waals surface area contributed by atoms with Gasteiger partial charge in [0.05, 0.1) is 23.2 Å². The Morgan fingerprint density at radius 3 is 2.61 bits per heavy atom. The molecule has 8 heteroatoms. The first-order valence-electron chi connectivity index (χ1n) is 4.82. The van der Waals surface area contributed by atoms with Crippen molar-refractivity contribution < 1.29 is 4.79 Å². The van der Waals surface area contributed by atoms with Gasteiger partial charge in [-0.05, 0) is 0 Å². The van der Waals surface area contributed by atoms with E-state index in [1.807, 2.05) is 6.07 Å². The number of aromatic nitrogens is 1. The smallest absolute Gasteiger partial charge is 0.273 e. The van der Waals surface area contributed by atoms with Crippen LogP contribution < -0.4 is 5.73 Å². The second-order valence-corrected chi connectivity index (χ2v) is 4.54. The third kappa shape index (κ3) is 2.96. The fourth-order valence-corrected chi connectivity index (χ4v) is 1.76. The van der Waals surface area contributed by atoms with Crippen LogP contribution in [0.15, 0.2) is 0 Å². The molecule has 0 aliphatic heterocycles. The molecule has 0 bridgehead atoms. The Hall–Kier alpha value is -1.22. The number of carbonyl (C=O) groups is 1. The number of nitriles is 1. The van der Waals surface area contributed by atoms with Gasteiger partial charge in [-0.1, -0.05) is 34.8 Å². The number of rotatable bonds is 3. The van der Waals surface area contributed by atoms with E-state index in [1.165, 1.54) is 11.9 Å². The predicted octanol–water partition coefficient (Wildman–Crippen LogP) is 2.61. The first-order valence-corrected chi connectivity index (χ1v) is 5.96. The second-order valence-electron chi connectivity index (χ2n) is 3.43. The normalized spacial score (nSPS) is 9.94. The van der Waals surface area contributed by atoms with Crippen molar-refractivity contribution in [2.45, 2.75) is 6.42 Å². The maximum atomic E-state index is 12.0. The minimum Gasteiger partial charge on any atom is -0.396 e. The van der Waals surface area contributed by atoms with E-state index >= 15 is 0 Å². The standard InChI is InChI=1S/C10H9Cl3N4O/c1-17(4-2-3-14)10(18)8-5(11)7(15)6(12)9(13)16-8/h2,4H2,1H3,(H2,15,16). The van der Waals surface area contributed by atoms with Gasteiger partial charge in [0.15, 0.2) is 10.8 Å². The van der Waals surface area contributed by atoms with E-state index in [4.69, 9.17) is 45.8 Å². The van der Waals surface area contributed by atoms with Gasteiger partial charge in [0.25, 0.3) is 5.91 Å². The van der Waals surface area contributed by atoms with Crippen LogP contribution in [0.3, 0.4) is 0 Å². The molecule has 1 aromatic heterocycles. The van der Waals surface area contributed by atoms with Gasteiger partial charge in [-0.25, -0.2) is 4.98 Å². The molecular formula is C10H9Cl3N4O. The number of hydrogen-bond acceptors (Lipinski definition) is 4. The monoisotopic (exact) mass is 306 g/mol. The zero-order valence-electron chi connectivity index (χ0n) is 9.38. The van der Waals surface area contributed by atoms with Crippen molar-refractivity contribution in [1.82, 2.24) is 9.88 Å². The zero-order chi connectivity index (χ0) is 13.9. The average Bonchev–Trinajstić information content (AvgIpc) is 2.36. The van der Waals surface area contributed by atoms with Gasteiger partial charge in [0.2, 0.25) is 0 Å². The molecule has 0 saturated heterocycles. The van der Waals surface area contributed by atoms with Crippen molar-refractivity contribution in [2.75, 3.05) is 19.3 Å². The molecule has 1 amide bonds. The van der Waals surface area contributed by atoms with Crippen molar-refractivity contribution in [3.8, 4) is 6.07 Å². The summed E-state index contributed by atoms with van der Waals surface area (Å²) < 4.78 is 0. The molecule has 18 heavy (non-hydrogen) atoms. The Kier molecular flexibility index (Phi) is 5.03. The molecule has 0 spiro atoms. The van der Waals surface area contributed by atoms with E-state index in [0.29, 0.717) is 0 Å². The van der Waals surface area contributed by atoms with Gasteiger partial charge in [-0.15, -0.1) is 0 Å². The summed E-state index contributed by atoms with van der Waals surface area (Å²) in [5, 5.41) is 8.34. The number of hydrogen-bond donors (Lipinski definition) is 1. The number of nitrogens with two attached hydrogens (primary N) is 1. The molecular weight excluding hydrogens is 298 g/mol. The second kappa shape index (κ2) is 6.10. The van der Waals surface area contributed by atoms with Gasteiger partial charge < -0.3 is 10.6 Å². The van der Waals surface area contributed by atoms with E-state index in [2.05, 4.69) is 4.98 Å². The van der Waals surface area contributed by atoms with Crippen LogP contribution in [0.25, 0.3) is 0 Å². The third-order valence-electron chi connectivity index (χ3n) is 2.18. The highest BCUT2D eigenvalue weighted by Gasteiger charge is 2.22. The lowest BCUT2D eigenvalue weighted by atomic mass is 10.2. The summed E-state index contributed by atoms with van der Waals surface area (Å²) in [6.07, 6.45) is 0.205. The number of halogens is 3. The largest absolute Gasteiger partial charge is 0.396 e. The Morgan fingerprint density at radius 2 is 2.06 bits per heavy atom. The van der Waals surface area contributed by atoms with E-state index in [0.717, 1.165) is 0 Å². The van der Waals surface area contributed by atoms with Crippen LogP contribution in [-0.4, -0.2) is 29.4 Å². The topological polar surface area (TPSA) is 83.0 Å². The number of anilines is 1. The van der Waals surface area contributed by atoms with Crippen molar-refractivity contribution in [1.29, 1.82) is 5.26 Å². The fraction of sp³-hybridized carbons (Fsp3) is 0.300. The number of carbonyl (C=O) groups excluding carboxylic acids is 1. The lowest BCUT2D eigenvalue weighted by molar-refractivity contribution is 0.0792. The van der Waals surface area contributed by atoms with Gasteiger partial charge in [0.1, 0.15) is 5.02 Å². The highest BCUT2D eigenvalue weighted by molar-refractivity contribution is 6.46. The molecule has 0 atom stereocenters.